The van der Waals surface area contributed by atoms with Crippen molar-refractivity contribution in [3.05, 3.63) is 60.6 Å². The van der Waals surface area contributed by atoms with Crippen LogP contribution in [-0.4, -0.2) is 25.4 Å². The highest BCUT2D eigenvalue weighted by atomic mass is 15.1. The molecule has 0 radical (unpaired) electrons. The van der Waals surface area contributed by atoms with Crippen LogP contribution in [0.5, 0.6) is 0 Å². The summed E-state index contributed by atoms with van der Waals surface area (Å²) in [6, 6.07) is 12.2. The van der Waals surface area contributed by atoms with Gasteiger partial charge in [0.15, 0.2) is 5.65 Å². The molecule has 6 nitrogen and oxygen atoms in total. The van der Waals surface area contributed by atoms with Crippen molar-refractivity contribution in [1.82, 2.24) is 25.4 Å². The predicted octanol–water partition coefficient (Wildman–Crippen LogP) is 2.96. The van der Waals surface area contributed by atoms with Crippen LogP contribution in [0.25, 0.3) is 22.3 Å². The second kappa shape index (κ2) is 5.33. The normalized spacial score (nSPS) is 10.9. The molecule has 0 saturated carbocycles. The van der Waals surface area contributed by atoms with Crippen molar-refractivity contribution in [3.63, 3.8) is 0 Å². The molecule has 3 N–H and O–H groups in total. The Labute approximate surface area is 126 Å². The molecule has 3 aromatic heterocycles. The predicted molar refractivity (Wildman–Crippen MR) is 85.2 cm³/mol. The molecule has 6 heteroatoms. The lowest BCUT2D eigenvalue weighted by Gasteiger charge is -2.07. The van der Waals surface area contributed by atoms with E-state index in [0.29, 0.717) is 6.54 Å². The standard InChI is InChI=1S/C16H14N6/c1-2-4-11(5-3-1)15-13(9-19-21-15)7-17-14-6-12-8-20-22-16(12)18-10-14/h1-6,8-10,17H,7H2,(H,19,21)(H,18,20,22). The number of nitrogens with one attached hydrogen (secondary N) is 3. The number of anilines is 1. The van der Waals surface area contributed by atoms with E-state index in [4.69, 9.17) is 0 Å². The molecule has 0 unspecified atom stereocenters. The van der Waals surface area contributed by atoms with Crippen molar-refractivity contribution < 1.29 is 0 Å². The number of benzene rings is 1. The van der Waals surface area contributed by atoms with Gasteiger partial charge in [-0.2, -0.15) is 10.2 Å². The monoisotopic (exact) mass is 290 g/mol. The minimum Gasteiger partial charge on any atom is -0.380 e. The largest absolute Gasteiger partial charge is 0.380 e. The second-order valence-corrected chi connectivity index (χ2v) is 5.02. The van der Waals surface area contributed by atoms with Gasteiger partial charge in [0.05, 0.1) is 30.0 Å². The van der Waals surface area contributed by atoms with Gasteiger partial charge in [0.2, 0.25) is 0 Å². The maximum atomic E-state index is 4.32. The number of aromatic amines is 2. The summed E-state index contributed by atoms with van der Waals surface area (Å²) in [6.07, 6.45) is 5.41. The van der Waals surface area contributed by atoms with E-state index in [1.54, 1.807) is 12.4 Å². The number of hydrogen-bond donors (Lipinski definition) is 3. The molecule has 108 valence electrons. The fraction of sp³-hybridized carbons (Fsp3) is 0.0625. The van der Waals surface area contributed by atoms with Crippen LogP contribution in [0.3, 0.4) is 0 Å². The van der Waals surface area contributed by atoms with Gasteiger partial charge in [-0.1, -0.05) is 30.3 Å². The SMILES string of the molecule is c1ccc(-c2[nH]ncc2CNc2cnc3[nH]ncc3c2)cc1. The number of fused-ring (bicyclic) bond motifs is 1. The molecule has 4 aromatic rings. The van der Waals surface area contributed by atoms with Gasteiger partial charge < -0.3 is 5.32 Å². The van der Waals surface area contributed by atoms with Crippen LogP contribution in [0.2, 0.25) is 0 Å². The van der Waals surface area contributed by atoms with Gasteiger partial charge in [-0.15, -0.1) is 0 Å². The average molecular weight is 290 g/mol. The summed E-state index contributed by atoms with van der Waals surface area (Å²) in [5.74, 6) is 0. The van der Waals surface area contributed by atoms with Gasteiger partial charge in [-0.05, 0) is 11.6 Å². The van der Waals surface area contributed by atoms with Crippen molar-refractivity contribution in [1.29, 1.82) is 0 Å². The molecular weight excluding hydrogens is 276 g/mol. The molecule has 4 rings (SSSR count). The van der Waals surface area contributed by atoms with E-state index >= 15 is 0 Å². The fourth-order valence-electron chi connectivity index (χ4n) is 2.43. The van der Waals surface area contributed by atoms with Crippen molar-refractivity contribution in [2.24, 2.45) is 0 Å². The average Bonchev–Trinajstić information content (AvgIpc) is 3.22. The maximum Gasteiger partial charge on any atom is 0.155 e. The lowest BCUT2D eigenvalue weighted by molar-refractivity contribution is 1.09. The second-order valence-electron chi connectivity index (χ2n) is 5.02. The molecule has 0 fully saturated rings. The molecule has 0 amide bonds. The highest BCUT2D eigenvalue weighted by Gasteiger charge is 2.07. The third kappa shape index (κ3) is 2.31. The number of hydrogen-bond acceptors (Lipinski definition) is 4. The highest BCUT2D eigenvalue weighted by molar-refractivity contribution is 5.77. The number of rotatable bonds is 4. The Balaban J connectivity index is 1.56. The molecule has 0 saturated heterocycles. The molecule has 0 aliphatic rings. The van der Waals surface area contributed by atoms with Crippen LogP contribution in [0, 0.1) is 0 Å². The Kier molecular flexibility index (Phi) is 3.05. The Morgan fingerprint density at radius 1 is 0.955 bits per heavy atom. The van der Waals surface area contributed by atoms with Crippen LogP contribution in [0.1, 0.15) is 5.56 Å². The quantitative estimate of drug-likeness (QED) is 0.539. The third-order valence-electron chi connectivity index (χ3n) is 3.55. The number of nitrogens with zero attached hydrogens (tertiary/aromatic N) is 3. The van der Waals surface area contributed by atoms with Crippen LogP contribution in [0.15, 0.2) is 55.0 Å². The summed E-state index contributed by atoms with van der Waals surface area (Å²) in [5, 5.41) is 18.4. The van der Waals surface area contributed by atoms with Crippen molar-refractivity contribution >= 4 is 16.7 Å². The van der Waals surface area contributed by atoms with E-state index in [2.05, 4.69) is 42.8 Å². The van der Waals surface area contributed by atoms with Crippen LogP contribution in [-0.2, 0) is 6.54 Å². The van der Waals surface area contributed by atoms with Gasteiger partial charge in [0, 0.05) is 17.5 Å². The first kappa shape index (κ1) is 12.6. The highest BCUT2D eigenvalue weighted by Crippen LogP contribution is 2.22. The Bertz CT molecular complexity index is 893. The smallest absolute Gasteiger partial charge is 0.155 e. The van der Waals surface area contributed by atoms with Crippen molar-refractivity contribution in [2.45, 2.75) is 6.54 Å². The zero-order chi connectivity index (χ0) is 14.8. The van der Waals surface area contributed by atoms with Crippen LogP contribution in [0.4, 0.5) is 5.69 Å². The molecule has 0 spiro atoms. The van der Waals surface area contributed by atoms with Crippen molar-refractivity contribution in [2.75, 3.05) is 5.32 Å². The maximum absolute atomic E-state index is 4.32. The van der Waals surface area contributed by atoms with Gasteiger partial charge in [-0.25, -0.2) is 4.98 Å². The van der Waals surface area contributed by atoms with E-state index in [1.807, 2.05) is 30.5 Å². The number of H-pyrrole nitrogens is 2. The summed E-state index contributed by atoms with van der Waals surface area (Å²) < 4.78 is 0. The summed E-state index contributed by atoms with van der Waals surface area (Å²) in [6.45, 7) is 0.672. The number of pyridine rings is 1. The van der Waals surface area contributed by atoms with Gasteiger partial charge >= 0.3 is 0 Å². The molecule has 0 atom stereocenters. The Hall–Kier alpha value is -3.15. The topological polar surface area (TPSA) is 82.3 Å². The molecule has 0 bridgehead atoms. The first-order valence-electron chi connectivity index (χ1n) is 7.01. The van der Waals surface area contributed by atoms with E-state index in [-0.39, 0.29) is 0 Å². The summed E-state index contributed by atoms with van der Waals surface area (Å²) in [5.41, 5.74) is 5.01. The molecule has 0 aliphatic heterocycles. The van der Waals surface area contributed by atoms with Gasteiger partial charge in [0.25, 0.3) is 0 Å². The summed E-state index contributed by atoms with van der Waals surface area (Å²) in [4.78, 5) is 4.32. The third-order valence-corrected chi connectivity index (χ3v) is 3.55. The van der Waals surface area contributed by atoms with Crippen LogP contribution < -0.4 is 5.32 Å². The zero-order valence-electron chi connectivity index (χ0n) is 11.7. The first-order chi connectivity index (χ1) is 10.9. The van der Waals surface area contributed by atoms with Crippen LogP contribution >= 0.6 is 0 Å². The first-order valence-corrected chi connectivity index (χ1v) is 7.01. The van der Waals surface area contributed by atoms with E-state index < -0.39 is 0 Å². The fourth-order valence-corrected chi connectivity index (χ4v) is 2.43. The lowest BCUT2D eigenvalue weighted by atomic mass is 10.1. The molecule has 1 aromatic carbocycles. The van der Waals surface area contributed by atoms with Crippen molar-refractivity contribution in [3.8, 4) is 11.3 Å². The van der Waals surface area contributed by atoms with E-state index in [1.165, 1.54) is 0 Å². The minimum absolute atomic E-state index is 0.672. The molecule has 3 heterocycles. The van der Waals surface area contributed by atoms with E-state index in [9.17, 15) is 0 Å². The van der Waals surface area contributed by atoms with Gasteiger partial charge in [-0.3, -0.25) is 10.2 Å². The number of aromatic nitrogens is 5. The zero-order valence-corrected chi connectivity index (χ0v) is 11.7. The molecule has 22 heavy (non-hydrogen) atoms. The Morgan fingerprint density at radius 3 is 2.73 bits per heavy atom. The lowest BCUT2D eigenvalue weighted by Crippen LogP contribution is -2.00. The minimum atomic E-state index is 0.672. The summed E-state index contributed by atoms with van der Waals surface area (Å²) >= 11 is 0. The molecular formula is C16H14N6. The summed E-state index contributed by atoms with van der Waals surface area (Å²) in [7, 11) is 0. The van der Waals surface area contributed by atoms with E-state index in [0.717, 1.165) is 33.5 Å². The molecule has 0 aliphatic carbocycles. The van der Waals surface area contributed by atoms with Gasteiger partial charge in [0.1, 0.15) is 0 Å². The Morgan fingerprint density at radius 2 is 1.82 bits per heavy atom.